The minimum absolute atomic E-state index is 0.0197. The van der Waals surface area contributed by atoms with Crippen molar-refractivity contribution >= 4 is 44.8 Å². The summed E-state index contributed by atoms with van der Waals surface area (Å²) in [6, 6.07) is 9.80. The van der Waals surface area contributed by atoms with Crippen molar-refractivity contribution in [2.45, 2.75) is 6.18 Å². The Morgan fingerprint density at radius 1 is 1.21 bits per heavy atom. The molecule has 29 heavy (non-hydrogen) atoms. The first kappa shape index (κ1) is 19.3. The van der Waals surface area contributed by atoms with E-state index in [-0.39, 0.29) is 38.0 Å². The Morgan fingerprint density at radius 2 is 1.93 bits per heavy atom. The van der Waals surface area contributed by atoms with Crippen LogP contribution in [0.25, 0.3) is 21.7 Å². The molecule has 0 unspecified atom stereocenters. The number of hydrogen-bond donors (Lipinski definition) is 1. The Labute approximate surface area is 170 Å². The number of alkyl halides is 3. The molecule has 5 nitrogen and oxygen atoms in total. The Kier molecular flexibility index (Phi) is 4.71. The maximum Gasteiger partial charge on any atom is 0.417 e. The predicted octanol–water partition coefficient (Wildman–Crippen LogP) is 6.03. The number of fused-ring (bicyclic) bond motifs is 1. The molecule has 0 saturated heterocycles. The second-order valence-electron chi connectivity index (χ2n) is 5.90. The van der Waals surface area contributed by atoms with Gasteiger partial charge in [0.2, 0.25) is 0 Å². The van der Waals surface area contributed by atoms with Crippen molar-refractivity contribution in [1.82, 2.24) is 4.98 Å². The number of esters is 1. The highest BCUT2D eigenvalue weighted by Gasteiger charge is 2.36. The van der Waals surface area contributed by atoms with Crippen LogP contribution in [0, 0.1) is 0 Å². The first-order valence-electron chi connectivity index (χ1n) is 8.06. The molecule has 0 bridgehead atoms. The van der Waals surface area contributed by atoms with Crippen molar-refractivity contribution in [3.05, 3.63) is 64.2 Å². The lowest BCUT2D eigenvalue weighted by Crippen LogP contribution is -2.10. The van der Waals surface area contributed by atoms with Gasteiger partial charge in [0.15, 0.2) is 5.76 Å². The molecule has 0 atom stereocenters. The summed E-state index contributed by atoms with van der Waals surface area (Å²) in [6.07, 6.45) is -3.39. The van der Waals surface area contributed by atoms with Gasteiger partial charge in [0.25, 0.3) is 0 Å². The van der Waals surface area contributed by atoms with Gasteiger partial charge in [-0.3, -0.25) is 0 Å². The molecule has 0 aliphatic carbocycles. The van der Waals surface area contributed by atoms with Gasteiger partial charge >= 0.3 is 12.1 Å². The Balaban J connectivity index is 1.83. The standard InChI is InChI=1S/C19H10ClF3N2O3S/c20-9-3-5-10(6-4-9)28-18(26)16-15(24)14-11(19(21,22)23)8-12(25-17(14)29-16)13-2-1-7-27-13/h1-8H,24H2. The minimum atomic E-state index is -4.71. The number of thiophene rings is 1. The number of nitrogen functional groups attached to an aromatic ring is 1. The number of halogens is 4. The fourth-order valence-corrected chi connectivity index (χ4v) is 3.83. The van der Waals surface area contributed by atoms with Gasteiger partial charge in [-0.2, -0.15) is 13.2 Å². The highest BCUT2D eigenvalue weighted by molar-refractivity contribution is 7.21. The number of benzene rings is 1. The van der Waals surface area contributed by atoms with Crippen LogP contribution in [0.3, 0.4) is 0 Å². The third kappa shape index (κ3) is 3.66. The van der Waals surface area contributed by atoms with E-state index in [9.17, 15) is 18.0 Å². The number of anilines is 1. The maximum atomic E-state index is 13.7. The molecular formula is C19H10ClF3N2O3S. The summed E-state index contributed by atoms with van der Waals surface area (Å²) < 4.78 is 51.4. The van der Waals surface area contributed by atoms with Crippen molar-refractivity contribution < 1.29 is 27.1 Å². The van der Waals surface area contributed by atoms with E-state index in [4.69, 9.17) is 26.5 Å². The minimum Gasteiger partial charge on any atom is -0.463 e. The second-order valence-corrected chi connectivity index (χ2v) is 7.33. The number of pyridine rings is 1. The number of aromatic nitrogens is 1. The number of carbonyl (C=O) groups excluding carboxylic acids is 1. The van der Waals surface area contributed by atoms with Gasteiger partial charge in [0, 0.05) is 10.4 Å². The van der Waals surface area contributed by atoms with E-state index in [0.29, 0.717) is 5.02 Å². The van der Waals surface area contributed by atoms with Crippen LogP contribution in [0.4, 0.5) is 18.9 Å². The zero-order valence-electron chi connectivity index (χ0n) is 14.3. The van der Waals surface area contributed by atoms with Crippen LogP contribution in [-0.2, 0) is 6.18 Å². The van der Waals surface area contributed by atoms with E-state index in [1.807, 2.05) is 0 Å². The third-order valence-corrected chi connectivity index (χ3v) is 5.32. The molecule has 4 rings (SSSR count). The molecule has 10 heteroatoms. The lowest BCUT2D eigenvalue weighted by molar-refractivity contribution is -0.136. The van der Waals surface area contributed by atoms with E-state index in [1.54, 1.807) is 0 Å². The molecule has 4 aromatic rings. The van der Waals surface area contributed by atoms with Gasteiger partial charge in [-0.25, -0.2) is 9.78 Å². The van der Waals surface area contributed by atoms with Crippen LogP contribution < -0.4 is 10.5 Å². The van der Waals surface area contributed by atoms with Crippen LogP contribution in [0.15, 0.2) is 53.1 Å². The normalized spacial score (nSPS) is 11.7. The van der Waals surface area contributed by atoms with Gasteiger partial charge in [0.05, 0.1) is 17.5 Å². The van der Waals surface area contributed by atoms with E-state index in [2.05, 4.69) is 4.98 Å². The molecule has 0 aliphatic heterocycles. The first-order valence-corrected chi connectivity index (χ1v) is 9.25. The number of hydrogen-bond acceptors (Lipinski definition) is 6. The predicted molar refractivity (Wildman–Crippen MR) is 103 cm³/mol. The number of carbonyl (C=O) groups is 1. The summed E-state index contributed by atoms with van der Waals surface area (Å²) in [5, 5.41) is 0.0940. The summed E-state index contributed by atoms with van der Waals surface area (Å²) in [5.41, 5.74) is 4.54. The fraction of sp³-hybridized carbons (Fsp3) is 0.0526. The molecule has 148 valence electrons. The molecule has 3 aromatic heterocycles. The Hall–Kier alpha value is -3.04. The Bertz CT molecular complexity index is 1200. The largest absolute Gasteiger partial charge is 0.463 e. The van der Waals surface area contributed by atoms with Crippen molar-refractivity contribution in [3.63, 3.8) is 0 Å². The lowest BCUT2D eigenvalue weighted by Gasteiger charge is -2.10. The number of nitrogens with two attached hydrogens (primary N) is 1. The van der Waals surface area contributed by atoms with Crippen LogP contribution in [0.5, 0.6) is 5.75 Å². The molecule has 1 aromatic carbocycles. The number of furan rings is 1. The van der Waals surface area contributed by atoms with Crippen molar-refractivity contribution in [3.8, 4) is 17.2 Å². The van der Waals surface area contributed by atoms with Crippen molar-refractivity contribution in [2.75, 3.05) is 5.73 Å². The molecule has 0 radical (unpaired) electrons. The zero-order valence-corrected chi connectivity index (χ0v) is 15.9. The molecule has 0 amide bonds. The lowest BCUT2D eigenvalue weighted by atomic mass is 10.1. The molecule has 0 saturated carbocycles. The van der Waals surface area contributed by atoms with Gasteiger partial charge in [-0.15, -0.1) is 11.3 Å². The monoisotopic (exact) mass is 438 g/mol. The quantitative estimate of drug-likeness (QED) is 0.312. The SMILES string of the molecule is Nc1c(C(=O)Oc2ccc(Cl)cc2)sc2nc(-c3ccco3)cc(C(F)(F)F)c12. The van der Waals surface area contributed by atoms with Gasteiger partial charge < -0.3 is 14.9 Å². The smallest absolute Gasteiger partial charge is 0.417 e. The molecule has 0 fully saturated rings. The number of rotatable bonds is 3. The Morgan fingerprint density at radius 3 is 2.55 bits per heavy atom. The summed E-state index contributed by atoms with van der Waals surface area (Å²) >= 11 is 6.50. The third-order valence-electron chi connectivity index (χ3n) is 3.99. The van der Waals surface area contributed by atoms with E-state index in [0.717, 1.165) is 17.4 Å². The van der Waals surface area contributed by atoms with Gasteiger partial charge in [0.1, 0.15) is 21.2 Å². The molecule has 0 aliphatic rings. The highest BCUT2D eigenvalue weighted by Crippen LogP contribution is 2.43. The van der Waals surface area contributed by atoms with Crippen LogP contribution in [-0.4, -0.2) is 11.0 Å². The maximum absolute atomic E-state index is 13.7. The van der Waals surface area contributed by atoms with Gasteiger partial charge in [-0.05, 0) is 42.5 Å². The number of ether oxygens (including phenoxy) is 1. The van der Waals surface area contributed by atoms with Gasteiger partial charge in [-0.1, -0.05) is 11.6 Å². The van der Waals surface area contributed by atoms with Crippen LogP contribution in [0.2, 0.25) is 5.02 Å². The van der Waals surface area contributed by atoms with Crippen LogP contribution in [0.1, 0.15) is 15.2 Å². The summed E-state index contributed by atoms with van der Waals surface area (Å²) in [7, 11) is 0. The summed E-state index contributed by atoms with van der Waals surface area (Å²) in [6.45, 7) is 0. The molecule has 2 N–H and O–H groups in total. The highest BCUT2D eigenvalue weighted by atomic mass is 35.5. The zero-order chi connectivity index (χ0) is 20.8. The number of nitrogens with zero attached hydrogens (tertiary/aromatic N) is 1. The molecule has 0 spiro atoms. The topological polar surface area (TPSA) is 78.4 Å². The fourth-order valence-electron chi connectivity index (χ4n) is 2.70. The van der Waals surface area contributed by atoms with E-state index >= 15 is 0 Å². The average molecular weight is 439 g/mol. The van der Waals surface area contributed by atoms with Crippen LogP contribution >= 0.6 is 22.9 Å². The molecular weight excluding hydrogens is 429 g/mol. The average Bonchev–Trinajstić information content (AvgIpc) is 3.30. The van der Waals surface area contributed by atoms with E-state index < -0.39 is 17.7 Å². The van der Waals surface area contributed by atoms with Crippen molar-refractivity contribution in [2.24, 2.45) is 0 Å². The van der Waals surface area contributed by atoms with E-state index in [1.165, 1.54) is 42.7 Å². The molecule has 3 heterocycles. The first-order chi connectivity index (χ1) is 13.7. The summed E-state index contributed by atoms with van der Waals surface area (Å²) in [4.78, 5) is 16.5. The second kappa shape index (κ2) is 7.09. The van der Waals surface area contributed by atoms with Crippen molar-refractivity contribution in [1.29, 1.82) is 0 Å². The summed E-state index contributed by atoms with van der Waals surface area (Å²) in [5.74, 6) is -0.549.